The first-order valence-electron chi connectivity index (χ1n) is 7.20. The van der Waals surface area contributed by atoms with E-state index in [1.165, 1.54) is 6.07 Å². The molecule has 0 saturated heterocycles. The lowest BCUT2D eigenvalue weighted by Crippen LogP contribution is -2.40. The molecule has 1 aromatic heterocycles. The van der Waals surface area contributed by atoms with Gasteiger partial charge in [0, 0.05) is 25.8 Å². The fourth-order valence-electron chi connectivity index (χ4n) is 2.11. The van der Waals surface area contributed by atoms with Crippen LogP contribution in [-0.4, -0.2) is 24.0 Å². The van der Waals surface area contributed by atoms with Crippen LogP contribution in [-0.2, 0) is 6.54 Å². The predicted octanol–water partition coefficient (Wildman–Crippen LogP) is 3.07. The Labute approximate surface area is 151 Å². The Bertz CT molecular complexity index is 666. The number of pyridine rings is 1. The van der Waals surface area contributed by atoms with Crippen molar-refractivity contribution in [3.8, 4) is 11.5 Å². The van der Waals surface area contributed by atoms with Gasteiger partial charge in [0.25, 0.3) is 0 Å². The second kappa shape index (κ2) is 8.66. The molecule has 0 aliphatic carbocycles. The molecular weight excluding hydrogens is 410 g/mol. The molecule has 0 saturated carbocycles. The minimum atomic E-state index is -0.401. The van der Waals surface area contributed by atoms with Gasteiger partial charge in [0.05, 0.1) is 6.20 Å². The average molecular weight is 428 g/mol. The molecule has 0 amide bonds. The standard InChI is InChI=1S/C16H17FN4O.HI/c17-14-9-12(10-21-16-19-7-2-8-20-16)4-5-15(14)22-13-3-1-6-18-11-13;/h1,3-6,9,11H,2,7-8,10H2,(H2,19,20,21);1H. The molecule has 0 unspecified atom stereocenters. The average Bonchev–Trinajstić information content (AvgIpc) is 2.57. The normalized spacial score (nSPS) is 13.3. The third-order valence-electron chi connectivity index (χ3n) is 3.22. The molecule has 7 heteroatoms. The fourth-order valence-corrected chi connectivity index (χ4v) is 2.11. The number of aliphatic imine (C=N–C) groups is 1. The number of hydrogen-bond acceptors (Lipinski definition) is 5. The highest BCUT2D eigenvalue weighted by Gasteiger charge is 2.08. The first-order chi connectivity index (χ1) is 10.8. The van der Waals surface area contributed by atoms with Crippen LogP contribution in [0.4, 0.5) is 4.39 Å². The molecule has 0 spiro atoms. The molecule has 2 N–H and O–H groups in total. The number of nitrogens with one attached hydrogen (secondary N) is 2. The van der Waals surface area contributed by atoms with Gasteiger partial charge in [-0.05, 0) is 36.2 Å². The predicted molar refractivity (Wildman–Crippen MR) is 97.9 cm³/mol. The van der Waals surface area contributed by atoms with Crippen molar-refractivity contribution in [3.63, 3.8) is 0 Å². The summed E-state index contributed by atoms with van der Waals surface area (Å²) in [6.45, 7) is 2.25. The van der Waals surface area contributed by atoms with Crippen LogP contribution in [0.5, 0.6) is 11.5 Å². The summed E-state index contributed by atoms with van der Waals surface area (Å²) in [6.07, 6.45) is 4.22. The second-order valence-electron chi connectivity index (χ2n) is 4.92. The van der Waals surface area contributed by atoms with Crippen LogP contribution in [0.3, 0.4) is 0 Å². The number of aromatic nitrogens is 1. The Morgan fingerprint density at radius 3 is 2.91 bits per heavy atom. The first kappa shape index (κ1) is 17.5. The minimum Gasteiger partial charge on any atom is -0.453 e. The number of ether oxygens (including phenoxy) is 1. The van der Waals surface area contributed by atoms with E-state index >= 15 is 0 Å². The van der Waals surface area contributed by atoms with Gasteiger partial charge in [-0.2, -0.15) is 0 Å². The van der Waals surface area contributed by atoms with Crippen molar-refractivity contribution in [2.24, 2.45) is 4.99 Å². The lowest BCUT2D eigenvalue weighted by Gasteiger charge is -2.16. The summed E-state index contributed by atoms with van der Waals surface area (Å²) < 4.78 is 19.5. The molecule has 0 radical (unpaired) electrons. The van der Waals surface area contributed by atoms with E-state index in [2.05, 4.69) is 20.6 Å². The van der Waals surface area contributed by atoms with E-state index in [1.807, 2.05) is 6.07 Å². The van der Waals surface area contributed by atoms with Gasteiger partial charge in [-0.25, -0.2) is 4.39 Å². The maximum Gasteiger partial charge on any atom is 0.191 e. The van der Waals surface area contributed by atoms with Crippen LogP contribution in [0.25, 0.3) is 0 Å². The summed E-state index contributed by atoms with van der Waals surface area (Å²) in [5.41, 5.74) is 0.825. The Balaban J connectivity index is 0.00000192. The Kier molecular flexibility index (Phi) is 6.57. The van der Waals surface area contributed by atoms with Gasteiger partial charge in [-0.15, -0.1) is 24.0 Å². The summed E-state index contributed by atoms with van der Waals surface area (Å²) in [6, 6.07) is 8.38. The number of nitrogens with zero attached hydrogens (tertiary/aromatic N) is 2. The minimum absolute atomic E-state index is 0. The van der Waals surface area contributed by atoms with Gasteiger partial charge in [0.1, 0.15) is 5.75 Å². The summed E-state index contributed by atoms with van der Waals surface area (Å²) in [7, 11) is 0. The highest BCUT2D eigenvalue weighted by atomic mass is 127. The van der Waals surface area contributed by atoms with Crippen LogP contribution in [0, 0.1) is 5.82 Å². The van der Waals surface area contributed by atoms with Crippen LogP contribution < -0.4 is 15.4 Å². The van der Waals surface area contributed by atoms with Crippen molar-refractivity contribution in [2.75, 3.05) is 13.1 Å². The topological polar surface area (TPSA) is 58.5 Å². The van der Waals surface area contributed by atoms with Crippen LogP contribution in [0.15, 0.2) is 47.7 Å². The molecular formula is C16H18FIN4O. The van der Waals surface area contributed by atoms with Crippen molar-refractivity contribution in [1.29, 1.82) is 0 Å². The van der Waals surface area contributed by atoms with Crippen molar-refractivity contribution in [1.82, 2.24) is 15.6 Å². The SMILES string of the molecule is Fc1cc(CNC2=NCCCN2)ccc1Oc1cccnc1.I. The van der Waals surface area contributed by atoms with E-state index in [0.29, 0.717) is 12.3 Å². The second-order valence-corrected chi connectivity index (χ2v) is 4.92. The quantitative estimate of drug-likeness (QED) is 0.736. The van der Waals surface area contributed by atoms with Gasteiger partial charge >= 0.3 is 0 Å². The van der Waals surface area contributed by atoms with Crippen molar-refractivity contribution >= 4 is 29.9 Å². The smallest absolute Gasteiger partial charge is 0.191 e. The lowest BCUT2D eigenvalue weighted by atomic mass is 10.2. The summed E-state index contributed by atoms with van der Waals surface area (Å²) in [4.78, 5) is 8.24. The third kappa shape index (κ3) is 5.05. The largest absolute Gasteiger partial charge is 0.453 e. The van der Waals surface area contributed by atoms with Gasteiger partial charge in [0.2, 0.25) is 0 Å². The maximum absolute atomic E-state index is 14.1. The van der Waals surface area contributed by atoms with Crippen LogP contribution in [0.2, 0.25) is 0 Å². The maximum atomic E-state index is 14.1. The number of rotatable bonds is 4. The zero-order chi connectivity index (χ0) is 15.2. The van der Waals surface area contributed by atoms with E-state index in [-0.39, 0.29) is 29.7 Å². The summed E-state index contributed by atoms with van der Waals surface area (Å²) in [5.74, 6) is 1.06. The van der Waals surface area contributed by atoms with Gasteiger partial charge < -0.3 is 15.4 Å². The Hall–Kier alpha value is -1.90. The van der Waals surface area contributed by atoms with Gasteiger partial charge in [0.15, 0.2) is 17.5 Å². The summed E-state index contributed by atoms with van der Waals surface area (Å²) in [5, 5.41) is 6.32. The van der Waals surface area contributed by atoms with E-state index in [4.69, 9.17) is 4.74 Å². The van der Waals surface area contributed by atoms with Gasteiger partial charge in [-0.1, -0.05) is 6.07 Å². The molecule has 3 rings (SSSR count). The van der Waals surface area contributed by atoms with E-state index in [0.717, 1.165) is 31.0 Å². The number of benzene rings is 1. The Morgan fingerprint density at radius 2 is 2.22 bits per heavy atom. The van der Waals surface area contributed by atoms with E-state index in [1.54, 1.807) is 30.6 Å². The van der Waals surface area contributed by atoms with Crippen molar-refractivity contribution < 1.29 is 9.13 Å². The first-order valence-corrected chi connectivity index (χ1v) is 7.20. The van der Waals surface area contributed by atoms with Crippen molar-refractivity contribution in [3.05, 3.63) is 54.1 Å². The zero-order valence-corrected chi connectivity index (χ0v) is 14.8. The molecule has 2 heterocycles. The molecule has 23 heavy (non-hydrogen) atoms. The monoisotopic (exact) mass is 428 g/mol. The molecule has 1 aromatic carbocycles. The number of halogens is 2. The highest BCUT2D eigenvalue weighted by Crippen LogP contribution is 2.24. The molecule has 0 bridgehead atoms. The molecule has 0 fully saturated rings. The lowest BCUT2D eigenvalue weighted by molar-refractivity contribution is 0.440. The molecule has 122 valence electrons. The van der Waals surface area contributed by atoms with Gasteiger partial charge in [-0.3, -0.25) is 9.98 Å². The zero-order valence-electron chi connectivity index (χ0n) is 12.5. The van der Waals surface area contributed by atoms with E-state index < -0.39 is 5.82 Å². The van der Waals surface area contributed by atoms with Crippen LogP contribution in [0.1, 0.15) is 12.0 Å². The number of guanidine groups is 1. The third-order valence-corrected chi connectivity index (χ3v) is 3.22. The molecule has 1 aliphatic heterocycles. The number of hydrogen-bond donors (Lipinski definition) is 2. The molecule has 2 aromatic rings. The molecule has 5 nitrogen and oxygen atoms in total. The summed E-state index contributed by atoms with van der Waals surface area (Å²) >= 11 is 0. The van der Waals surface area contributed by atoms with Crippen LogP contribution >= 0.6 is 24.0 Å². The van der Waals surface area contributed by atoms with Crippen molar-refractivity contribution in [2.45, 2.75) is 13.0 Å². The van der Waals surface area contributed by atoms with E-state index in [9.17, 15) is 4.39 Å². The Morgan fingerprint density at radius 1 is 1.30 bits per heavy atom. The highest BCUT2D eigenvalue weighted by molar-refractivity contribution is 14.0. The molecule has 0 atom stereocenters. The molecule has 1 aliphatic rings. The fraction of sp³-hybridized carbons (Fsp3) is 0.250.